The third-order valence-electron chi connectivity index (χ3n) is 3.76. The number of hydrogen-bond donors (Lipinski definition) is 1. The van der Waals surface area contributed by atoms with E-state index in [9.17, 15) is 9.59 Å². The Balaban J connectivity index is 1.69. The van der Waals surface area contributed by atoms with Crippen LogP contribution in [0.15, 0.2) is 30.5 Å². The second-order valence-corrected chi connectivity index (χ2v) is 5.23. The van der Waals surface area contributed by atoms with Crippen molar-refractivity contribution in [1.29, 1.82) is 0 Å². The van der Waals surface area contributed by atoms with Gasteiger partial charge in [-0.2, -0.15) is 0 Å². The maximum absolute atomic E-state index is 12.3. The number of ether oxygens (including phenoxy) is 2. The molecule has 3 rings (SSSR count). The molecule has 0 bridgehead atoms. The van der Waals surface area contributed by atoms with Crippen LogP contribution in [0.25, 0.3) is 10.9 Å². The highest BCUT2D eigenvalue weighted by molar-refractivity contribution is 6.04. The number of nitrogens with one attached hydrogen (secondary N) is 1. The van der Waals surface area contributed by atoms with E-state index < -0.39 is 12.1 Å². The molecule has 1 saturated heterocycles. The van der Waals surface area contributed by atoms with E-state index in [1.165, 1.54) is 0 Å². The lowest BCUT2D eigenvalue weighted by molar-refractivity contribution is -0.143. The predicted octanol–water partition coefficient (Wildman–Crippen LogP) is 1.57. The van der Waals surface area contributed by atoms with E-state index in [4.69, 9.17) is 9.47 Å². The summed E-state index contributed by atoms with van der Waals surface area (Å²) in [5.41, 5.74) is 1.30. The second-order valence-electron chi connectivity index (χ2n) is 5.23. The van der Waals surface area contributed by atoms with Gasteiger partial charge in [0.25, 0.3) is 5.91 Å². The molecule has 1 N–H and O–H groups in total. The summed E-state index contributed by atoms with van der Waals surface area (Å²) in [6.07, 6.45) is 0.804. The Hall–Kier alpha value is -2.34. The molecule has 22 heavy (non-hydrogen) atoms. The summed E-state index contributed by atoms with van der Waals surface area (Å²) in [5.74, 6) is -0.678. The van der Waals surface area contributed by atoms with Crippen LogP contribution >= 0.6 is 0 Å². The number of benzene rings is 1. The molecule has 1 fully saturated rings. The van der Waals surface area contributed by atoms with Crippen molar-refractivity contribution in [3.63, 3.8) is 0 Å². The van der Waals surface area contributed by atoms with Crippen LogP contribution in [0.4, 0.5) is 0 Å². The number of carbonyl (C=O) groups excluding carboxylic acids is 2. The Bertz CT molecular complexity index is 688. The van der Waals surface area contributed by atoms with Crippen molar-refractivity contribution in [1.82, 2.24) is 9.88 Å². The SMILES string of the molecule is CC(OC(=O)c1c[nH]c2ccccc12)C(=O)N1CCOCC1. The van der Waals surface area contributed by atoms with E-state index in [1.54, 1.807) is 18.0 Å². The van der Waals surface area contributed by atoms with Crippen molar-refractivity contribution in [2.75, 3.05) is 26.3 Å². The number of carbonyl (C=O) groups is 2. The van der Waals surface area contributed by atoms with Gasteiger partial charge in [-0.15, -0.1) is 0 Å². The Kier molecular flexibility index (Phi) is 4.11. The summed E-state index contributed by atoms with van der Waals surface area (Å²) in [4.78, 5) is 29.2. The van der Waals surface area contributed by atoms with E-state index in [0.29, 0.717) is 31.9 Å². The monoisotopic (exact) mass is 302 g/mol. The maximum atomic E-state index is 12.3. The Morgan fingerprint density at radius 3 is 2.77 bits per heavy atom. The van der Waals surface area contributed by atoms with Gasteiger partial charge in [0.2, 0.25) is 0 Å². The van der Waals surface area contributed by atoms with Crippen LogP contribution in [-0.4, -0.2) is 54.2 Å². The summed E-state index contributed by atoms with van der Waals surface area (Å²) in [5, 5.41) is 0.790. The minimum absolute atomic E-state index is 0.184. The number of nitrogens with zero attached hydrogens (tertiary/aromatic N) is 1. The van der Waals surface area contributed by atoms with Gasteiger partial charge in [0, 0.05) is 30.2 Å². The molecule has 0 spiro atoms. The molecule has 1 aliphatic heterocycles. The summed E-state index contributed by atoms with van der Waals surface area (Å²) in [7, 11) is 0. The molecular weight excluding hydrogens is 284 g/mol. The van der Waals surface area contributed by atoms with Crippen LogP contribution in [0.2, 0.25) is 0 Å². The van der Waals surface area contributed by atoms with Gasteiger partial charge < -0.3 is 19.4 Å². The van der Waals surface area contributed by atoms with Crippen molar-refractivity contribution in [2.24, 2.45) is 0 Å². The Labute approximate surface area is 128 Å². The molecule has 6 nitrogen and oxygen atoms in total. The van der Waals surface area contributed by atoms with Crippen molar-refractivity contribution >= 4 is 22.8 Å². The van der Waals surface area contributed by atoms with Gasteiger partial charge in [0.05, 0.1) is 18.8 Å². The van der Waals surface area contributed by atoms with Gasteiger partial charge in [-0.25, -0.2) is 4.79 Å². The third-order valence-corrected chi connectivity index (χ3v) is 3.76. The first-order chi connectivity index (χ1) is 10.7. The number of morpholine rings is 1. The van der Waals surface area contributed by atoms with Gasteiger partial charge in [0.1, 0.15) is 0 Å². The number of esters is 1. The molecule has 1 aromatic carbocycles. The van der Waals surface area contributed by atoms with Gasteiger partial charge in [0.15, 0.2) is 6.10 Å². The topological polar surface area (TPSA) is 71.6 Å². The molecule has 2 aromatic rings. The number of aromatic nitrogens is 1. The average Bonchev–Trinajstić information content (AvgIpc) is 2.99. The third kappa shape index (κ3) is 2.82. The van der Waals surface area contributed by atoms with E-state index in [2.05, 4.69) is 4.98 Å². The van der Waals surface area contributed by atoms with Crippen LogP contribution in [0.3, 0.4) is 0 Å². The number of hydrogen-bond acceptors (Lipinski definition) is 4. The number of para-hydroxylation sites is 1. The first kappa shape index (κ1) is 14.6. The summed E-state index contributed by atoms with van der Waals surface area (Å²) >= 11 is 0. The van der Waals surface area contributed by atoms with Crippen molar-refractivity contribution in [3.8, 4) is 0 Å². The molecule has 1 atom stereocenters. The van der Waals surface area contributed by atoms with E-state index in [-0.39, 0.29) is 5.91 Å². The van der Waals surface area contributed by atoms with Crippen LogP contribution in [-0.2, 0) is 14.3 Å². The molecule has 0 radical (unpaired) electrons. The van der Waals surface area contributed by atoms with Gasteiger partial charge in [-0.3, -0.25) is 4.79 Å². The zero-order chi connectivity index (χ0) is 15.5. The average molecular weight is 302 g/mol. The number of H-pyrrole nitrogens is 1. The number of amides is 1. The summed E-state index contributed by atoms with van der Waals surface area (Å²) < 4.78 is 10.5. The highest BCUT2D eigenvalue weighted by atomic mass is 16.5. The lowest BCUT2D eigenvalue weighted by atomic mass is 10.2. The zero-order valence-electron chi connectivity index (χ0n) is 12.4. The van der Waals surface area contributed by atoms with Gasteiger partial charge in [-0.1, -0.05) is 18.2 Å². The van der Waals surface area contributed by atoms with Crippen LogP contribution in [0.1, 0.15) is 17.3 Å². The predicted molar refractivity (Wildman–Crippen MR) is 80.6 cm³/mol. The van der Waals surface area contributed by atoms with Crippen molar-refractivity contribution in [2.45, 2.75) is 13.0 Å². The Morgan fingerprint density at radius 1 is 1.27 bits per heavy atom. The van der Waals surface area contributed by atoms with Gasteiger partial charge >= 0.3 is 5.97 Å². The smallest absolute Gasteiger partial charge is 0.341 e. The fraction of sp³-hybridized carbons (Fsp3) is 0.375. The summed E-state index contributed by atoms with van der Waals surface area (Å²) in [6, 6.07) is 7.47. The van der Waals surface area contributed by atoms with Gasteiger partial charge in [-0.05, 0) is 13.0 Å². The normalized spacial score (nSPS) is 16.5. The van der Waals surface area contributed by atoms with Crippen LogP contribution < -0.4 is 0 Å². The zero-order valence-corrected chi connectivity index (χ0v) is 12.4. The molecule has 0 saturated carbocycles. The molecule has 1 amide bonds. The highest BCUT2D eigenvalue weighted by Crippen LogP contribution is 2.19. The van der Waals surface area contributed by atoms with Crippen molar-refractivity contribution in [3.05, 3.63) is 36.0 Å². The first-order valence-electron chi connectivity index (χ1n) is 7.30. The standard InChI is InChI=1S/C16H18N2O4/c1-11(15(19)18-6-8-21-9-7-18)22-16(20)13-10-17-14-5-3-2-4-12(13)14/h2-5,10-11,17H,6-9H2,1H3. The lowest BCUT2D eigenvalue weighted by Crippen LogP contribution is -2.46. The molecule has 2 heterocycles. The number of aromatic amines is 1. The fourth-order valence-corrected chi connectivity index (χ4v) is 2.56. The molecular formula is C16H18N2O4. The summed E-state index contributed by atoms with van der Waals surface area (Å²) in [6.45, 7) is 3.72. The highest BCUT2D eigenvalue weighted by Gasteiger charge is 2.26. The second kappa shape index (κ2) is 6.19. The quantitative estimate of drug-likeness (QED) is 0.874. The molecule has 0 aliphatic carbocycles. The van der Waals surface area contributed by atoms with E-state index in [1.807, 2.05) is 24.3 Å². The molecule has 116 valence electrons. The van der Waals surface area contributed by atoms with E-state index >= 15 is 0 Å². The lowest BCUT2D eigenvalue weighted by Gasteiger charge is -2.28. The van der Waals surface area contributed by atoms with E-state index in [0.717, 1.165) is 10.9 Å². The fourth-order valence-electron chi connectivity index (χ4n) is 2.56. The molecule has 1 aromatic heterocycles. The maximum Gasteiger partial charge on any atom is 0.341 e. The minimum atomic E-state index is -0.806. The molecule has 1 unspecified atom stereocenters. The van der Waals surface area contributed by atoms with Crippen molar-refractivity contribution < 1.29 is 19.1 Å². The molecule has 1 aliphatic rings. The largest absolute Gasteiger partial charge is 0.449 e. The minimum Gasteiger partial charge on any atom is -0.449 e. The molecule has 6 heteroatoms. The van der Waals surface area contributed by atoms with Crippen LogP contribution in [0.5, 0.6) is 0 Å². The van der Waals surface area contributed by atoms with Crippen LogP contribution in [0, 0.1) is 0 Å². The number of rotatable bonds is 3. The first-order valence-corrected chi connectivity index (χ1v) is 7.30. The Morgan fingerprint density at radius 2 is 2.00 bits per heavy atom. The number of fused-ring (bicyclic) bond motifs is 1.